The van der Waals surface area contributed by atoms with Crippen molar-refractivity contribution in [3.8, 4) is 45.3 Å². The quantitative estimate of drug-likeness (QED) is 0.207. The van der Waals surface area contributed by atoms with Crippen LogP contribution < -0.4 is 0 Å². The number of aromatic nitrogens is 3. The molecule has 206 valence electrons. The Morgan fingerprint density at radius 2 is 1.02 bits per heavy atom. The first-order chi connectivity index (χ1) is 21.8. The van der Waals surface area contributed by atoms with Crippen LogP contribution in [0.5, 0.6) is 0 Å². The van der Waals surface area contributed by atoms with Crippen molar-refractivity contribution in [2.75, 3.05) is 0 Å². The number of hydrogen-bond acceptors (Lipinski definition) is 5. The first kappa shape index (κ1) is 24.9. The van der Waals surface area contributed by atoms with Crippen molar-refractivity contribution >= 4 is 53.4 Å². The number of hydrogen-bond donors (Lipinski definition) is 0. The first-order valence-electron chi connectivity index (χ1n) is 14.5. The summed E-state index contributed by atoms with van der Waals surface area (Å²) in [6, 6.07) is 48.1. The van der Waals surface area contributed by atoms with Gasteiger partial charge in [-0.05, 0) is 47.5 Å². The number of fused-ring (bicyclic) bond motifs is 6. The van der Waals surface area contributed by atoms with Crippen molar-refractivity contribution < 1.29 is 4.42 Å². The number of para-hydroxylation sites is 1. The fraction of sp³-hybridized carbons (Fsp3) is 0. The summed E-state index contributed by atoms with van der Waals surface area (Å²) in [5, 5.41) is 4.50. The summed E-state index contributed by atoms with van der Waals surface area (Å²) in [5.74, 6) is 1.92. The molecule has 5 heteroatoms. The molecule has 0 aliphatic carbocycles. The highest BCUT2D eigenvalue weighted by atomic mass is 32.1. The van der Waals surface area contributed by atoms with E-state index in [1.165, 1.54) is 25.7 Å². The van der Waals surface area contributed by atoms with E-state index in [0.29, 0.717) is 17.5 Å². The van der Waals surface area contributed by atoms with Crippen LogP contribution in [0.1, 0.15) is 0 Å². The molecule has 44 heavy (non-hydrogen) atoms. The topological polar surface area (TPSA) is 51.8 Å². The molecule has 0 aliphatic rings. The van der Waals surface area contributed by atoms with Crippen molar-refractivity contribution in [2.45, 2.75) is 0 Å². The molecule has 0 N–H and O–H groups in total. The van der Waals surface area contributed by atoms with Crippen molar-refractivity contribution in [3.05, 3.63) is 140 Å². The van der Waals surface area contributed by atoms with E-state index in [-0.39, 0.29) is 0 Å². The van der Waals surface area contributed by atoms with Crippen LogP contribution in [0.15, 0.2) is 144 Å². The lowest BCUT2D eigenvalue weighted by Crippen LogP contribution is -2.00. The molecule has 0 saturated carbocycles. The molecule has 3 heterocycles. The summed E-state index contributed by atoms with van der Waals surface area (Å²) in [4.78, 5) is 15.3. The van der Waals surface area contributed by atoms with E-state index in [4.69, 9.17) is 19.4 Å². The highest BCUT2D eigenvalue weighted by molar-refractivity contribution is 7.25. The van der Waals surface area contributed by atoms with E-state index in [0.717, 1.165) is 44.2 Å². The largest absolute Gasteiger partial charge is 0.456 e. The van der Waals surface area contributed by atoms with Gasteiger partial charge in [-0.3, -0.25) is 0 Å². The SMILES string of the molecule is c1ccc(-c2ccc(-c3nc(-c4ccc5oc6ccccc6c5c4)nc(-c4cccc5sc6ccccc6c45)n3)cc2)cc1. The predicted octanol–water partition coefficient (Wildman–Crippen LogP) is 10.8. The molecule has 9 aromatic rings. The monoisotopic (exact) mass is 581 g/mol. The van der Waals surface area contributed by atoms with Gasteiger partial charge in [0.25, 0.3) is 0 Å². The third-order valence-electron chi connectivity index (χ3n) is 8.16. The molecular formula is C39H23N3OS. The van der Waals surface area contributed by atoms with E-state index >= 15 is 0 Å². The molecule has 3 aromatic heterocycles. The van der Waals surface area contributed by atoms with Gasteiger partial charge in [-0.1, -0.05) is 103 Å². The highest BCUT2D eigenvalue weighted by Crippen LogP contribution is 2.40. The molecule has 0 saturated heterocycles. The molecule has 0 radical (unpaired) electrons. The number of benzene rings is 6. The number of nitrogens with zero attached hydrogens (tertiary/aromatic N) is 3. The Morgan fingerprint density at radius 1 is 0.409 bits per heavy atom. The van der Waals surface area contributed by atoms with Gasteiger partial charge in [0.2, 0.25) is 0 Å². The molecule has 0 unspecified atom stereocenters. The van der Waals surface area contributed by atoms with Gasteiger partial charge in [0.15, 0.2) is 17.5 Å². The van der Waals surface area contributed by atoms with Gasteiger partial charge in [-0.25, -0.2) is 15.0 Å². The van der Waals surface area contributed by atoms with E-state index in [1.54, 1.807) is 11.3 Å². The minimum absolute atomic E-state index is 0.626. The molecule has 9 rings (SSSR count). The summed E-state index contributed by atoms with van der Waals surface area (Å²) in [7, 11) is 0. The van der Waals surface area contributed by atoms with Gasteiger partial charge in [0, 0.05) is 47.6 Å². The minimum atomic E-state index is 0.626. The highest BCUT2D eigenvalue weighted by Gasteiger charge is 2.18. The van der Waals surface area contributed by atoms with Crippen LogP contribution in [0.3, 0.4) is 0 Å². The predicted molar refractivity (Wildman–Crippen MR) is 182 cm³/mol. The average Bonchev–Trinajstić information content (AvgIpc) is 3.67. The molecule has 0 amide bonds. The van der Waals surface area contributed by atoms with Crippen LogP contribution in [0.25, 0.3) is 87.4 Å². The Morgan fingerprint density at radius 3 is 1.89 bits per heavy atom. The number of furan rings is 1. The summed E-state index contributed by atoms with van der Waals surface area (Å²) < 4.78 is 8.57. The third kappa shape index (κ3) is 4.09. The zero-order valence-electron chi connectivity index (χ0n) is 23.4. The fourth-order valence-corrected chi connectivity index (χ4v) is 7.16. The van der Waals surface area contributed by atoms with Crippen LogP contribution in [0.4, 0.5) is 0 Å². The first-order valence-corrected chi connectivity index (χ1v) is 15.3. The molecule has 0 bridgehead atoms. The normalized spacial score (nSPS) is 11.6. The van der Waals surface area contributed by atoms with Crippen LogP contribution in [-0.2, 0) is 0 Å². The maximum Gasteiger partial charge on any atom is 0.164 e. The molecular weight excluding hydrogens is 559 g/mol. The maximum atomic E-state index is 6.11. The molecule has 4 nitrogen and oxygen atoms in total. The van der Waals surface area contributed by atoms with Gasteiger partial charge in [-0.15, -0.1) is 11.3 Å². The fourth-order valence-electron chi connectivity index (χ4n) is 6.02. The Balaban J connectivity index is 1.26. The van der Waals surface area contributed by atoms with Crippen molar-refractivity contribution in [2.24, 2.45) is 0 Å². The summed E-state index contributed by atoms with van der Waals surface area (Å²) >= 11 is 1.79. The minimum Gasteiger partial charge on any atom is -0.456 e. The molecule has 0 aliphatic heterocycles. The second-order valence-electron chi connectivity index (χ2n) is 10.8. The van der Waals surface area contributed by atoms with Crippen molar-refractivity contribution in [1.29, 1.82) is 0 Å². The summed E-state index contributed by atoms with van der Waals surface area (Å²) in [5.41, 5.74) is 6.88. The van der Waals surface area contributed by atoms with Gasteiger partial charge in [0.05, 0.1) is 0 Å². The Labute approximate surface area is 256 Å². The Hall–Kier alpha value is -5.65. The third-order valence-corrected chi connectivity index (χ3v) is 9.30. The van der Waals surface area contributed by atoms with E-state index in [9.17, 15) is 0 Å². The Bertz CT molecular complexity index is 2490. The lowest BCUT2D eigenvalue weighted by Gasteiger charge is -2.10. The van der Waals surface area contributed by atoms with Gasteiger partial charge < -0.3 is 4.42 Å². The molecule has 0 atom stereocenters. The second kappa shape index (κ2) is 9.97. The van der Waals surface area contributed by atoms with Gasteiger partial charge >= 0.3 is 0 Å². The van der Waals surface area contributed by atoms with Crippen LogP contribution in [0, 0.1) is 0 Å². The molecule has 0 fully saturated rings. The lowest BCUT2D eigenvalue weighted by atomic mass is 10.0. The molecule has 6 aromatic carbocycles. The standard InChI is InChI=1S/C39H23N3OS/c1-2-9-24(10-3-1)25-17-19-26(20-18-25)37-40-38(27-21-22-33-31(23-27)28-11-4-6-14-32(28)43-33)42-39(41-37)30-13-8-16-35-36(30)29-12-5-7-15-34(29)44-35/h1-23H. The molecule has 0 spiro atoms. The van der Waals surface area contributed by atoms with Crippen LogP contribution in [-0.4, -0.2) is 15.0 Å². The Kier molecular flexibility index (Phi) is 5.64. The average molecular weight is 582 g/mol. The lowest BCUT2D eigenvalue weighted by molar-refractivity contribution is 0.669. The summed E-state index contributed by atoms with van der Waals surface area (Å²) in [6.07, 6.45) is 0. The van der Waals surface area contributed by atoms with E-state index in [1.807, 2.05) is 36.4 Å². The van der Waals surface area contributed by atoms with E-state index < -0.39 is 0 Å². The van der Waals surface area contributed by atoms with Crippen molar-refractivity contribution in [3.63, 3.8) is 0 Å². The second-order valence-corrected chi connectivity index (χ2v) is 11.9. The van der Waals surface area contributed by atoms with Gasteiger partial charge in [-0.2, -0.15) is 0 Å². The van der Waals surface area contributed by atoms with Crippen LogP contribution in [0.2, 0.25) is 0 Å². The van der Waals surface area contributed by atoms with Crippen molar-refractivity contribution in [1.82, 2.24) is 15.0 Å². The van der Waals surface area contributed by atoms with E-state index in [2.05, 4.69) is 103 Å². The van der Waals surface area contributed by atoms with Gasteiger partial charge in [0.1, 0.15) is 11.2 Å². The maximum absolute atomic E-state index is 6.11. The zero-order chi connectivity index (χ0) is 29.0. The number of thiophene rings is 1. The summed E-state index contributed by atoms with van der Waals surface area (Å²) in [6.45, 7) is 0. The smallest absolute Gasteiger partial charge is 0.164 e. The van der Waals surface area contributed by atoms with Crippen LogP contribution >= 0.6 is 11.3 Å². The number of rotatable bonds is 4. The zero-order valence-corrected chi connectivity index (χ0v) is 24.3.